The first kappa shape index (κ1) is 22.6. The van der Waals surface area contributed by atoms with E-state index in [2.05, 4.69) is 21.9 Å². The fraction of sp³-hybridized carbons (Fsp3) is 0.250. The van der Waals surface area contributed by atoms with Crippen molar-refractivity contribution in [2.45, 2.75) is 19.9 Å². The number of para-hydroxylation sites is 2. The minimum absolute atomic E-state index is 0.0923. The highest BCUT2D eigenvalue weighted by atomic mass is 16.5. The number of urea groups is 1. The molecule has 0 aromatic heterocycles. The van der Waals surface area contributed by atoms with E-state index in [1.54, 1.807) is 43.3 Å². The minimum atomic E-state index is -0.709. The number of amides is 3. The summed E-state index contributed by atoms with van der Waals surface area (Å²) in [7, 11) is 1.53. The summed E-state index contributed by atoms with van der Waals surface area (Å²) in [6.07, 6.45) is 5.28. The van der Waals surface area contributed by atoms with Gasteiger partial charge in [0.2, 0.25) is 0 Å². The number of benzene rings is 2. The Kier molecular flexibility index (Phi) is 7.24. The molecule has 3 N–H and O–H groups in total. The lowest BCUT2D eigenvalue weighted by atomic mass is 9.94. The van der Waals surface area contributed by atoms with Gasteiger partial charge in [0.1, 0.15) is 12.4 Å². The van der Waals surface area contributed by atoms with Gasteiger partial charge < -0.3 is 30.2 Å². The van der Waals surface area contributed by atoms with Crippen molar-refractivity contribution in [2.75, 3.05) is 25.6 Å². The molecular weight excluding hydrogens is 410 g/mol. The SMILES string of the molecule is C#CCOc1ccc([C@H]2NC(=O)NC(C)=C2C(=O)Nc2ccccc2OC)cc1OCC. The van der Waals surface area contributed by atoms with E-state index in [-0.39, 0.29) is 12.5 Å². The lowest BCUT2D eigenvalue weighted by Crippen LogP contribution is -2.46. The minimum Gasteiger partial charge on any atom is -0.495 e. The van der Waals surface area contributed by atoms with Crippen LogP contribution in [0.25, 0.3) is 0 Å². The highest BCUT2D eigenvalue weighted by Crippen LogP contribution is 2.35. The smallest absolute Gasteiger partial charge is 0.319 e. The summed E-state index contributed by atoms with van der Waals surface area (Å²) >= 11 is 0. The number of nitrogens with one attached hydrogen (secondary N) is 3. The highest BCUT2D eigenvalue weighted by molar-refractivity contribution is 6.07. The Hall–Kier alpha value is -4.12. The number of carbonyl (C=O) groups is 2. The van der Waals surface area contributed by atoms with Crippen molar-refractivity contribution in [3.05, 3.63) is 59.3 Å². The molecule has 1 aliphatic heterocycles. The van der Waals surface area contributed by atoms with Crippen molar-refractivity contribution in [3.8, 4) is 29.6 Å². The molecular formula is C24H25N3O5. The average molecular weight is 435 g/mol. The standard InChI is InChI=1S/C24H25N3O5/c1-5-13-32-19-12-11-16(14-20(19)31-6-2)22-21(15(3)25-24(29)27-22)23(28)26-17-9-7-8-10-18(17)30-4/h1,7-12,14,22H,6,13H2,2-4H3,(H,26,28)(H2,25,27,29)/t22-/m1/s1. The van der Waals surface area contributed by atoms with Gasteiger partial charge in [0.05, 0.1) is 31.0 Å². The zero-order valence-electron chi connectivity index (χ0n) is 18.2. The third kappa shape index (κ3) is 4.95. The number of methoxy groups -OCH3 is 1. The van der Waals surface area contributed by atoms with Gasteiger partial charge >= 0.3 is 6.03 Å². The lowest BCUT2D eigenvalue weighted by molar-refractivity contribution is -0.113. The van der Waals surface area contributed by atoms with Crippen LogP contribution in [0.4, 0.5) is 10.5 Å². The number of rotatable bonds is 8. The van der Waals surface area contributed by atoms with E-state index in [0.717, 1.165) is 0 Å². The second kappa shape index (κ2) is 10.3. The monoisotopic (exact) mass is 435 g/mol. The summed E-state index contributed by atoms with van der Waals surface area (Å²) in [5.41, 5.74) is 1.97. The summed E-state index contributed by atoms with van der Waals surface area (Å²) in [4.78, 5) is 25.5. The fourth-order valence-electron chi connectivity index (χ4n) is 3.39. The van der Waals surface area contributed by atoms with Crippen LogP contribution in [0.15, 0.2) is 53.7 Å². The van der Waals surface area contributed by atoms with Crippen molar-refractivity contribution in [3.63, 3.8) is 0 Å². The summed E-state index contributed by atoms with van der Waals surface area (Å²) in [5.74, 6) is 3.51. The van der Waals surface area contributed by atoms with Gasteiger partial charge in [-0.3, -0.25) is 4.79 Å². The molecule has 0 unspecified atom stereocenters. The van der Waals surface area contributed by atoms with Crippen LogP contribution < -0.4 is 30.2 Å². The molecule has 0 fully saturated rings. The van der Waals surface area contributed by atoms with Crippen LogP contribution in [0, 0.1) is 12.3 Å². The predicted octanol–water partition coefficient (Wildman–Crippen LogP) is 3.37. The van der Waals surface area contributed by atoms with E-state index in [4.69, 9.17) is 20.6 Å². The third-order valence-electron chi connectivity index (χ3n) is 4.78. The Morgan fingerprint density at radius 3 is 2.66 bits per heavy atom. The van der Waals surface area contributed by atoms with E-state index >= 15 is 0 Å². The van der Waals surface area contributed by atoms with Crippen LogP contribution in [0.1, 0.15) is 25.5 Å². The van der Waals surface area contributed by atoms with Crippen LogP contribution in [0.2, 0.25) is 0 Å². The first-order valence-electron chi connectivity index (χ1n) is 10.0. The Morgan fingerprint density at radius 2 is 1.94 bits per heavy atom. The Labute approximate surface area is 186 Å². The topological polar surface area (TPSA) is 97.9 Å². The van der Waals surface area contributed by atoms with Gasteiger partial charge in [0.15, 0.2) is 11.5 Å². The average Bonchev–Trinajstić information content (AvgIpc) is 2.78. The summed E-state index contributed by atoms with van der Waals surface area (Å²) in [5, 5.41) is 8.34. The van der Waals surface area contributed by atoms with E-state index in [1.165, 1.54) is 7.11 Å². The van der Waals surface area contributed by atoms with Crippen LogP contribution in [-0.4, -0.2) is 32.3 Å². The summed E-state index contributed by atoms with van der Waals surface area (Å²) in [6.45, 7) is 4.02. The molecule has 8 heteroatoms. The Bertz CT molecular complexity index is 1090. The van der Waals surface area contributed by atoms with Crippen LogP contribution in [-0.2, 0) is 4.79 Å². The number of anilines is 1. The molecule has 3 amide bonds. The lowest BCUT2D eigenvalue weighted by Gasteiger charge is -2.29. The normalized spacial score (nSPS) is 15.2. The molecule has 1 atom stereocenters. The summed E-state index contributed by atoms with van der Waals surface area (Å²) in [6, 6.07) is 11.2. The number of ether oxygens (including phenoxy) is 3. The van der Waals surface area contributed by atoms with Crippen LogP contribution in [0.5, 0.6) is 17.2 Å². The maximum atomic E-state index is 13.3. The zero-order chi connectivity index (χ0) is 23.1. The molecule has 0 saturated carbocycles. The maximum absolute atomic E-state index is 13.3. The summed E-state index contributed by atoms with van der Waals surface area (Å²) < 4.78 is 16.5. The zero-order valence-corrected chi connectivity index (χ0v) is 18.2. The highest BCUT2D eigenvalue weighted by Gasteiger charge is 2.32. The molecule has 1 aliphatic rings. The molecule has 8 nitrogen and oxygen atoms in total. The maximum Gasteiger partial charge on any atom is 0.319 e. The van der Waals surface area contributed by atoms with Crippen molar-refractivity contribution >= 4 is 17.6 Å². The fourth-order valence-corrected chi connectivity index (χ4v) is 3.39. The number of carbonyl (C=O) groups excluding carboxylic acids is 2. The molecule has 0 radical (unpaired) electrons. The van der Waals surface area contributed by atoms with E-state index in [9.17, 15) is 9.59 Å². The number of allylic oxidation sites excluding steroid dienone is 1. The molecule has 1 heterocycles. The number of terminal acetylenes is 1. The van der Waals surface area contributed by atoms with Crippen LogP contribution in [0.3, 0.4) is 0 Å². The molecule has 2 aromatic carbocycles. The Morgan fingerprint density at radius 1 is 1.16 bits per heavy atom. The first-order chi connectivity index (χ1) is 15.5. The van der Waals surface area contributed by atoms with Crippen LogP contribution >= 0.6 is 0 Å². The molecule has 32 heavy (non-hydrogen) atoms. The van der Waals surface area contributed by atoms with Gasteiger partial charge in [-0.05, 0) is 43.7 Å². The molecule has 2 aromatic rings. The Balaban J connectivity index is 1.97. The second-order valence-corrected chi connectivity index (χ2v) is 6.86. The molecule has 166 valence electrons. The molecule has 0 saturated heterocycles. The number of hydrogen-bond donors (Lipinski definition) is 3. The predicted molar refractivity (Wildman–Crippen MR) is 121 cm³/mol. The third-order valence-corrected chi connectivity index (χ3v) is 4.78. The van der Waals surface area contributed by atoms with E-state index in [1.807, 2.05) is 13.0 Å². The molecule has 0 bridgehead atoms. The van der Waals surface area contributed by atoms with Gasteiger partial charge in [-0.15, -0.1) is 6.42 Å². The van der Waals surface area contributed by atoms with Gasteiger partial charge in [-0.25, -0.2) is 4.79 Å². The molecule has 3 rings (SSSR count). The van der Waals surface area contributed by atoms with Crippen molar-refractivity contribution in [2.24, 2.45) is 0 Å². The quantitative estimate of drug-likeness (QED) is 0.553. The first-order valence-corrected chi connectivity index (χ1v) is 10.0. The van der Waals surface area contributed by atoms with Crippen molar-refractivity contribution < 1.29 is 23.8 Å². The van der Waals surface area contributed by atoms with Gasteiger partial charge in [-0.2, -0.15) is 0 Å². The van der Waals surface area contributed by atoms with Crippen molar-refractivity contribution in [1.82, 2.24) is 10.6 Å². The van der Waals surface area contributed by atoms with Gasteiger partial charge in [0.25, 0.3) is 5.91 Å². The number of hydrogen-bond acceptors (Lipinski definition) is 5. The van der Waals surface area contributed by atoms with Gasteiger partial charge in [-0.1, -0.05) is 24.1 Å². The van der Waals surface area contributed by atoms with E-state index < -0.39 is 12.1 Å². The van der Waals surface area contributed by atoms with Gasteiger partial charge in [0, 0.05) is 5.70 Å². The van der Waals surface area contributed by atoms with Crippen molar-refractivity contribution in [1.29, 1.82) is 0 Å². The molecule has 0 spiro atoms. The largest absolute Gasteiger partial charge is 0.495 e. The molecule has 0 aliphatic carbocycles. The second-order valence-electron chi connectivity index (χ2n) is 6.86. The van der Waals surface area contributed by atoms with E-state index in [0.29, 0.717) is 46.4 Å².